The van der Waals surface area contributed by atoms with Gasteiger partial charge in [-0.2, -0.15) is 0 Å². The number of benzene rings is 2. The van der Waals surface area contributed by atoms with Crippen molar-refractivity contribution in [3.63, 3.8) is 0 Å². The van der Waals surface area contributed by atoms with Crippen LogP contribution in [0.5, 0.6) is 0 Å². The molecule has 0 saturated heterocycles. The fourth-order valence-electron chi connectivity index (χ4n) is 3.21. The summed E-state index contributed by atoms with van der Waals surface area (Å²) in [6, 6.07) is 23.4. The monoisotopic (exact) mass is 399 g/mol. The average Bonchev–Trinajstić information content (AvgIpc) is 3.34. The van der Waals surface area contributed by atoms with Gasteiger partial charge in [0.2, 0.25) is 5.91 Å². The van der Waals surface area contributed by atoms with E-state index >= 15 is 0 Å². The summed E-state index contributed by atoms with van der Waals surface area (Å²) in [7, 11) is 0. The Labute approximate surface area is 171 Å². The maximum atomic E-state index is 12.7. The predicted molar refractivity (Wildman–Crippen MR) is 116 cm³/mol. The van der Waals surface area contributed by atoms with Crippen molar-refractivity contribution in [3.05, 3.63) is 79.0 Å². The number of hydrogen-bond acceptors (Lipinski definition) is 4. The number of hydrogen-bond donors (Lipinski definition) is 2. The third-order valence-electron chi connectivity index (χ3n) is 4.54. The van der Waals surface area contributed by atoms with E-state index in [2.05, 4.69) is 15.3 Å². The van der Waals surface area contributed by atoms with Crippen molar-refractivity contribution in [2.45, 2.75) is 5.16 Å². The molecule has 0 unspecified atom stereocenters. The van der Waals surface area contributed by atoms with Gasteiger partial charge in [0.25, 0.3) is 0 Å². The van der Waals surface area contributed by atoms with Crippen molar-refractivity contribution in [1.29, 1.82) is 0 Å². The zero-order valence-corrected chi connectivity index (χ0v) is 16.2. The summed E-state index contributed by atoms with van der Waals surface area (Å²) in [4.78, 5) is 25.2. The highest BCUT2D eigenvalue weighted by Gasteiger charge is 2.16. The Balaban J connectivity index is 1.39. The van der Waals surface area contributed by atoms with E-state index in [1.54, 1.807) is 0 Å². The number of pyridine rings is 1. The summed E-state index contributed by atoms with van der Waals surface area (Å²) in [5.41, 5.74) is 4.34. The van der Waals surface area contributed by atoms with Crippen molar-refractivity contribution in [2.24, 2.45) is 0 Å². The van der Waals surface area contributed by atoms with Crippen LogP contribution >= 0.6 is 11.8 Å². The number of para-hydroxylation sites is 2. The molecule has 29 heavy (non-hydrogen) atoms. The van der Waals surface area contributed by atoms with Crippen LogP contribution in [-0.2, 0) is 4.79 Å². The van der Waals surface area contributed by atoms with Crippen LogP contribution in [0.4, 0.5) is 5.82 Å². The molecule has 0 fully saturated rings. The molecule has 1 amide bonds. The molecule has 2 N–H and O–H groups in total. The van der Waals surface area contributed by atoms with Crippen molar-refractivity contribution in [2.75, 3.05) is 11.1 Å². The van der Waals surface area contributed by atoms with E-state index in [9.17, 15) is 4.79 Å². The molecule has 142 valence electrons. The van der Waals surface area contributed by atoms with Crippen LogP contribution in [0.2, 0.25) is 0 Å². The number of rotatable bonds is 5. The minimum atomic E-state index is -0.113. The third-order valence-corrected chi connectivity index (χ3v) is 5.42. The van der Waals surface area contributed by atoms with E-state index in [0.717, 1.165) is 33.1 Å². The van der Waals surface area contributed by atoms with Gasteiger partial charge in [-0.3, -0.25) is 9.20 Å². The maximum absolute atomic E-state index is 12.7. The standard InChI is InChI=1S/C22H17N5OS/c28-19(14-29-22-23-16-10-4-5-11-17(16)24-22)26-21-20(15-8-2-1-3-9-15)25-18-12-6-7-13-27(18)21/h1-13H,14H2,(H,23,24)(H,26,28). The van der Waals surface area contributed by atoms with Gasteiger partial charge in [-0.1, -0.05) is 60.3 Å². The number of imidazole rings is 2. The summed E-state index contributed by atoms with van der Waals surface area (Å²) < 4.78 is 1.89. The molecule has 0 atom stereocenters. The Morgan fingerprint density at radius 2 is 1.76 bits per heavy atom. The first-order valence-electron chi connectivity index (χ1n) is 9.18. The Hall–Kier alpha value is -3.58. The highest BCUT2D eigenvalue weighted by atomic mass is 32.2. The zero-order chi connectivity index (χ0) is 19.6. The van der Waals surface area contributed by atoms with E-state index in [-0.39, 0.29) is 11.7 Å². The first-order chi connectivity index (χ1) is 14.3. The van der Waals surface area contributed by atoms with Gasteiger partial charge >= 0.3 is 0 Å². The quantitative estimate of drug-likeness (QED) is 0.423. The lowest BCUT2D eigenvalue weighted by Crippen LogP contribution is -2.16. The number of nitrogens with zero attached hydrogens (tertiary/aromatic N) is 3. The van der Waals surface area contributed by atoms with Crippen molar-refractivity contribution in [1.82, 2.24) is 19.4 Å². The molecule has 7 heteroatoms. The van der Waals surface area contributed by atoms with E-state index in [1.165, 1.54) is 11.8 Å². The van der Waals surface area contributed by atoms with E-state index in [4.69, 9.17) is 4.98 Å². The van der Waals surface area contributed by atoms with Gasteiger partial charge in [0.1, 0.15) is 17.2 Å². The van der Waals surface area contributed by atoms with E-state index in [1.807, 2.05) is 83.4 Å². The summed E-state index contributed by atoms with van der Waals surface area (Å²) in [6.45, 7) is 0. The Kier molecular flexibility index (Phi) is 4.50. The fraction of sp³-hybridized carbons (Fsp3) is 0.0455. The number of aromatic nitrogens is 4. The maximum Gasteiger partial charge on any atom is 0.236 e. The minimum absolute atomic E-state index is 0.113. The SMILES string of the molecule is O=C(CSc1nc2ccccc2[nH]1)Nc1c(-c2ccccc2)nc2ccccn12. The normalized spacial score (nSPS) is 11.2. The summed E-state index contributed by atoms with van der Waals surface area (Å²) >= 11 is 1.37. The number of anilines is 1. The molecule has 5 aromatic rings. The van der Waals surface area contributed by atoms with Gasteiger partial charge in [0, 0.05) is 11.8 Å². The van der Waals surface area contributed by atoms with Gasteiger partial charge in [-0.05, 0) is 24.3 Å². The zero-order valence-electron chi connectivity index (χ0n) is 15.4. The molecule has 0 spiro atoms. The molecule has 3 aromatic heterocycles. The van der Waals surface area contributed by atoms with Gasteiger partial charge in [0.15, 0.2) is 5.16 Å². The first kappa shape index (κ1) is 17.5. The smallest absolute Gasteiger partial charge is 0.236 e. The Bertz CT molecular complexity index is 1280. The van der Waals surface area contributed by atoms with Crippen LogP contribution < -0.4 is 5.32 Å². The number of carbonyl (C=O) groups excluding carboxylic acids is 1. The minimum Gasteiger partial charge on any atom is -0.333 e. The van der Waals surface area contributed by atoms with Crippen LogP contribution in [0.3, 0.4) is 0 Å². The largest absolute Gasteiger partial charge is 0.333 e. The lowest BCUT2D eigenvalue weighted by atomic mass is 10.1. The molecule has 0 aliphatic rings. The van der Waals surface area contributed by atoms with Crippen molar-refractivity contribution >= 4 is 40.2 Å². The highest BCUT2D eigenvalue weighted by molar-refractivity contribution is 7.99. The summed E-state index contributed by atoms with van der Waals surface area (Å²) in [5.74, 6) is 0.800. The van der Waals surface area contributed by atoms with Gasteiger partial charge < -0.3 is 10.3 Å². The van der Waals surface area contributed by atoms with Crippen LogP contribution in [0.1, 0.15) is 0 Å². The number of thioether (sulfide) groups is 1. The number of amides is 1. The molecule has 5 rings (SSSR count). The lowest BCUT2D eigenvalue weighted by Gasteiger charge is -2.07. The number of carbonyl (C=O) groups is 1. The average molecular weight is 399 g/mol. The second kappa shape index (κ2) is 7.44. The third kappa shape index (κ3) is 3.48. The molecular formula is C22H17N5OS. The Morgan fingerprint density at radius 3 is 2.62 bits per heavy atom. The van der Waals surface area contributed by atoms with Crippen LogP contribution in [-0.4, -0.2) is 31.0 Å². The van der Waals surface area contributed by atoms with Crippen LogP contribution in [0.25, 0.3) is 27.9 Å². The number of aromatic amines is 1. The molecular weight excluding hydrogens is 382 g/mol. The van der Waals surface area contributed by atoms with E-state index < -0.39 is 0 Å². The molecule has 0 bridgehead atoms. The predicted octanol–water partition coefficient (Wildman–Crippen LogP) is 4.61. The topological polar surface area (TPSA) is 75.1 Å². The highest BCUT2D eigenvalue weighted by Crippen LogP contribution is 2.29. The van der Waals surface area contributed by atoms with Crippen LogP contribution in [0, 0.1) is 0 Å². The summed E-state index contributed by atoms with van der Waals surface area (Å²) in [6.07, 6.45) is 1.90. The molecule has 0 saturated carbocycles. The summed E-state index contributed by atoms with van der Waals surface area (Å²) in [5, 5.41) is 3.76. The molecule has 2 aromatic carbocycles. The van der Waals surface area contributed by atoms with Gasteiger partial charge in [-0.15, -0.1) is 0 Å². The number of H-pyrrole nitrogens is 1. The van der Waals surface area contributed by atoms with Crippen LogP contribution in [0.15, 0.2) is 84.1 Å². The first-order valence-corrected chi connectivity index (χ1v) is 10.2. The molecule has 0 aliphatic carbocycles. The number of fused-ring (bicyclic) bond motifs is 2. The second-order valence-corrected chi connectivity index (χ2v) is 7.46. The second-order valence-electron chi connectivity index (χ2n) is 6.50. The number of nitrogens with one attached hydrogen (secondary N) is 2. The van der Waals surface area contributed by atoms with Gasteiger partial charge in [-0.25, -0.2) is 9.97 Å². The molecule has 3 heterocycles. The molecule has 0 radical (unpaired) electrons. The Morgan fingerprint density at radius 1 is 0.966 bits per heavy atom. The molecule has 6 nitrogen and oxygen atoms in total. The fourth-order valence-corrected chi connectivity index (χ4v) is 3.90. The van der Waals surface area contributed by atoms with Gasteiger partial charge in [0.05, 0.1) is 16.8 Å². The van der Waals surface area contributed by atoms with Crippen molar-refractivity contribution in [3.8, 4) is 11.3 Å². The van der Waals surface area contributed by atoms with Crippen molar-refractivity contribution < 1.29 is 4.79 Å². The van der Waals surface area contributed by atoms with E-state index in [0.29, 0.717) is 5.82 Å². The lowest BCUT2D eigenvalue weighted by molar-refractivity contribution is -0.113. The molecule has 0 aliphatic heterocycles.